The second-order valence-electron chi connectivity index (χ2n) is 11.2. The number of benzene rings is 5. The van der Waals surface area contributed by atoms with E-state index in [1.54, 1.807) is 0 Å². The number of nitrogens with zero attached hydrogens (tertiary/aromatic N) is 4. The van der Waals surface area contributed by atoms with E-state index >= 15 is 0 Å². The molecule has 0 aliphatic heterocycles. The van der Waals surface area contributed by atoms with Gasteiger partial charge in [-0.25, -0.2) is 14.5 Å². The first-order valence-electron chi connectivity index (χ1n) is 15.4. The Balaban J connectivity index is 1.38. The van der Waals surface area contributed by atoms with Gasteiger partial charge in [0.2, 0.25) is 0 Å². The molecule has 0 amide bonds. The minimum Gasteiger partial charge on any atom is -0.232 e. The number of pyridine rings is 1. The van der Waals surface area contributed by atoms with Crippen LogP contribution < -0.4 is 0 Å². The van der Waals surface area contributed by atoms with E-state index in [1.165, 1.54) is 10.9 Å². The lowest BCUT2D eigenvalue weighted by molar-refractivity contribution is 0.979. The second kappa shape index (κ2) is 11.3. The topological polar surface area (TPSA) is 43.1 Å². The van der Waals surface area contributed by atoms with Crippen molar-refractivity contribution in [3.63, 3.8) is 0 Å². The van der Waals surface area contributed by atoms with Gasteiger partial charge >= 0.3 is 0 Å². The molecule has 0 saturated heterocycles. The van der Waals surface area contributed by atoms with Crippen molar-refractivity contribution in [2.24, 2.45) is 0 Å². The fourth-order valence-corrected chi connectivity index (χ4v) is 6.21. The highest BCUT2D eigenvalue weighted by Crippen LogP contribution is 2.37. The van der Waals surface area contributed by atoms with Gasteiger partial charge in [-0.2, -0.15) is 5.10 Å². The van der Waals surface area contributed by atoms with Crippen molar-refractivity contribution >= 4 is 16.3 Å². The second-order valence-corrected chi connectivity index (χ2v) is 11.2. The maximum absolute atomic E-state index is 5.25. The van der Waals surface area contributed by atoms with E-state index in [-0.39, 0.29) is 0 Å². The summed E-state index contributed by atoms with van der Waals surface area (Å²) in [5.41, 5.74) is 11.6. The number of hydrogen-bond acceptors (Lipinski definition) is 3. The van der Waals surface area contributed by atoms with Crippen LogP contribution in [0.3, 0.4) is 0 Å². The summed E-state index contributed by atoms with van der Waals surface area (Å²) in [6, 6.07) is 52.6. The molecule has 0 aliphatic rings. The molecule has 214 valence electrons. The first-order valence-corrected chi connectivity index (χ1v) is 15.4. The van der Waals surface area contributed by atoms with Crippen molar-refractivity contribution < 1.29 is 0 Å². The Morgan fingerprint density at radius 1 is 0.511 bits per heavy atom. The summed E-state index contributed by atoms with van der Waals surface area (Å²) in [5.74, 6) is 0.712. The standard InChI is InChI=1S/C41H30N4/c1-2-34-39(30-19-11-5-12-20-30)44-45-38(29-17-9-4-10-18-29)26-33-25-32(23-24-35(33)40(34)45)37-27-36(28-15-7-3-8-16-28)42-41(43-37)31-21-13-6-14-22-31/h3-27H,2H2,1H3. The number of rotatable bonds is 6. The maximum Gasteiger partial charge on any atom is 0.160 e. The zero-order valence-electron chi connectivity index (χ0n) is 24.9. The predicted octanol–water partition coefficient (Wildman–Crippen LogP) is 10.2. The van der Waals surface area contributed by atoms with Crippen LogP contribution in [0.4, 0.5) is 0 Å². The van der Waals surface area contributed by atoms with Crippen molar-refractivity contribution in [1.29, 1.82) is 0 Å². The molecule has 0 bridgehead atoms. The summed E-state index contributed by atoms with van der Waals surface area (Å²) in [5, 5.41) is 7.57. The lowest BCUT2D eigenvalue weighted by atomic mass is 9.98. The Hall–Kier alpha value is -5.87. The Morgan fingerprint density at radius 3 is 1.69 bits per heavy atom. The van der Waals surface area contributed by atoms with Gasteiger partial charge in [0.05, 0.1) is 28.3 Å². The summed E-state index contributed by atoms with van der Waals surface area (Å²) < 4.78 is 2.14. The van der Waals surface area contributed by atoms with E-state index < -0.39 is 0 Å². The third kappa shape index (κ3) is 4.87. The maximum atomic E-state index is 5.25. The Labute approximate surface area is 262 Å². The minimum absolute atomic E-state index is 0.712. The van der Waals surface area contributed by atoms with E-state index in [0.717, 1.165) is 67.9 Å². The molecule has 3 aromatic heterocycles. The van der Waals surface area contributed by atoms with Crippen LogP contribution >= 0.6 is 0 Å². The van der Waals surface area contributed by atoms with Crippen molar-refractivity contribution in [2.45, 2.75) is 13.3 Å². The summed E-state index contributed by atoms with van der Waals surface area (Å²) in [6.07, 6.45) is 0.871. The lowest BCUT2D eigenvalue weighted by Crippen LogP contribution is -1.97. The Bertz CT molecular complexity index is 2220. The van der Waals surface area contributed by atoms with E-state index in [4.69, 9.17) is 15.1 Å². The zero-order chi connectivity index (χ0) is 30.2. The van der Waals surface area contributed by atoms with Crippen molar-refractivity contribution in [2.75, 3.05) is 0 Å². The largest absolute Gasteiger partial charge is 0.232 e. The van der Waals surface area contributed by atoms with Gasteiger partial charge in [-0.1, -0.05) is 140 Å². The fourth-order valence-electron chi connectivity index (χ4n) is 6.21. The average Bonchev–Trinajstić information content (AvgIpc) is 3.52. The highest BCUT2D eigenvalue weighted by Gasteiger charge is 2.20. The molecule has 0 saturated carbocycles. The zero-order valence-corrected chi connectivity index (χ0v) is 24.9. The summed E-state index contributed by atoms with van der Waals surface area (Å²) >= 11 is 0. The molecule has 8 rings (SSSR count). The van der Waals surface area contributed by atoms with Gasteiger partial charge in [-0.05, 0) is 30.0 Å². The van der Waals surface area contributed by atoms with Crippen LogP contribution in [0.25, 0.3) is 72.7 Å². The molecule has 0 radical (unpaired) electrons. The molecule has 0 unspecified atom stereocenters. The van der Waals surface area contributed by atoms with Crippen molar-refractivity contribution in [3.8, 4) is 56.4 Å². The molecule has 8 aromatic rings. The molecule has 3 heterocycles. The van der Waals surface area contributed by atoms with Crippen LogP contribution in [0, 0.1) is 0 Å². The van der Waals surface area contributed by atoms with Crippen LogP contribution in [0.1, 0.15) is 12.5 Å². The van der Waals surface area contributed by atoms with E-state index in [2.05, 4.69) is 127 Å². The van der Waals surface area contributed by atoms with Gasteiger partial charge in [-0.15, -0.1) is 0 Å². The predicted molar refractivity (Wildman–Crippen MR) is 185 cm³/mol. The minimum atomic E-state index is 0.712. The molecule has 45 heavy (non-hydrogen) atoms. The average molecular weight is 579 g/mol. The first-order chi connectivity index (χ1) is 22.3. The summed E-state index contributed by atoms with van der Waals surface area (Å²) in [6.45, 7) is 2.22. The van der Waals surface area contributed by atoms with Gasteiger partial charge in [0.1, 0.15) is 0 Å². The number of hydrogen-bond donors (Lipinski definition) is 0. The SMILES string of the molecule is CCc1c(-c2ccccc2)nn2c(-c3ccccc3)cc3cc(-c4cc(-c5ccccc5)nc(-c5ccccc5)n4)ccc3c12. The first kappa shape index (κ1) is 26.7. The molecule has 0 N–H and O–H groups in total. The van der Waals surface area contributed by atoms with E-state index in [1.807, 2.05) is 36.4 Å². The van der Waals surface area contributed by atoms with Crippen LogP contribution in [-0.4, -0.2) is 19.6 Å². The summed E-state index contributed by atoms with van der Waals surface area (Å²) in [7, 11) is 0. The number of aryl methyl sites for hydroxylation is 1. The lowest BCUT2D eigenvalue weighted by Gasteiger charge is -2.13. The smallest absolute Gasteiger partial charge is 0.160 e. The van der Waals surface area contributed by atoms with E-state index in [0.29, 0.717) is 5.82 Å². The van der Waals surface area contributed by atoms with E-state index in [9.17, 15) is 0 Å². The molecule has 4 nitrogen and oxygen atoms in total. The molecular formula is C41H30N4. The molecule has 4 heteroatoms. The quantitative estimate of drug-likeness (QED) is 0.197. The summed E-state index contributed by atoms with van der Waals surface area (Å²) in [4.78, 5) is 10.1. The van der Waals surface area contributed by atoms with Crippen LogP contribution in [0.15, 0.2) is 152 Å². The third-order valence-corrected chi connectivity index (χ3v) is 8.40. The Morgan fingerprint density at radius 2 is 1.07 bits per heavy atom. The van der Waals surface area contributed by atoms with Crippen LogP contribution in [0.2, 0.25) is 0 Å². The van der Waals surface area contributed by atoms with Crippen molar-refractivity contribution in [1.82, 2.24) is 19.6 Å². The van der Waals surface area contributed by atoms with Gasteiger partial charge < -0.3 is 0 Å². The van der Waals surface area contributed by atoms with Gasteiger partial charge in [-0.3, -0.25) is 0 Å². The number of aromatic nitrogens is 4. The third-order valence-electron chi connectivity index (χ3n) is 8.40. The molecular weight excluding hydrogens is 548 g/mol. The normalized spacial score (nSPS) is 11.3. The molecule has 0 aliphatic carbocycles. The Kier molecular flexibility index (Phi) is 6.73. The molecule has 0 atom stereocenters. The van der Waals surface area contributed by atoms with Crippen LogP contribution in [-0.2, 0) is 6.42 Å². The van der Waals surface area contributed by atoms with Gasteiger partial charge in [0.15, 0.2) is 5.82 Å². The van der Waals surface area contributed by atoms with Crippen LogP contribution in [0.5, 0.6) is 0 Å². The highest BCUT2D eigenvalue weighted by atomic mass is 15.2. The van der Waals surface area contributed by atoms with Gasteiger partial charge in [0, 0.05) is 38.8 Å². The monoisotopic (exact) mass is 578 g/mol. The van der Waals surface area contributed by atoms with Crippen molar-refractivity contribution in [3.05, 3.63) is 157 Å². The van der Waals surface area contributed by atoms with Gasteiger partial charge in [0.25, 0.3) is 0 Å². The number of fused-ring (bicyclic) bond motifs is 3. The molecule has 0 spiro atoms. The molecule has 5 aromatic carbocycles. The molecule has 0 fully saturated rings. The highest BCUT2D eigenvalue weighted by molar-refractivity contribution is 6.03. The fraction of sp³-hybridized carbons (Fsp3) is 0.0488.